The lowest BCUT2D eigenvalue weighted by Crippen LogP contribution is -2.52. The van der Waals surface area contributed by atoms with E-state index in [1.807, 2.05) is 54.3 Å². The van der Waals surface area contributed by atoms with Crippen LogP contribution in [-0.4, -0.2) is 41.4 Å². The Balaban J connectivity index is 0.00000320. The molecule has 1 saturated heterocycles. The lowest BCUT2D eigenvalue weighted by molar-refractivity contribution is -0.384. The van der Waals surface area contributed by atoms with Gasteiger partial charge in [0.15, 0.2) is 0 Å². The second-order valence-electron chi connectivity index (χ2n) is 7.76. The molecule has 1 aliphatic heterocycles. The van der Waals surface area contributed by atoms with Crippen molar-refractivity contribution in [3.05, 3.63) is 70.3 Å². The summed E-state index contributed by atoms with van der Waals surface area (Å²) in [6.45, 7) is 6.95. The number of benzene rings is 2. The zero-order valence-corrected chi connectivity index (χ0v) is 18.4. The number of nitro groups is 1. The lowest BCUT2D eigenvalue weighted by Gasteiger charge is -2.42. The molecule has 0 aliphatic carbocycles. The SMILES string of the molecule is CCC(=O)N(c1ccccc1)C1CCN(CCc2ccc([N+](=O)[O-])cc2)CC1C.Cl. The molecule has 1 amide bonds. The first-order valence-electron chi connectivity index (χ1n) is 10.3. The van der Waals surface area contributed by atoms with Gasteiger partial charge in [-0.1, -0.05) is 44.2 Å². The van der Waals surface area contributed by atoms with Gasteiger partial charge in [-0.3, -0.25) is 14.9 Å². The van der Waals surface area contributed by atoms with Crippen molar-refractivity contribution in [2.75, 3.05) is 24.5 Å². The molecule has 1 fully saturated rings. The van der Waals surface area contributed by atoms with Gasteiger partial charge < -0.3 is 9.80 Å². The van der Waals surface area contributed by atoms with Crippen molar-refractivity contribution in [2.24, 2.45) is 5.92 Å². The summed E-state index contributed by atoms with van der Waals surface area (Å²) in [4.78, 5) is 27.5. The number of nitrogens with zero attached hydrogens (tertiary/aromatic N) is 3. The molecule has 7 heteroatoms. The third-order valence-electron chi connectivity index (χ3n) is 5.75. The smallest absolute Gasteiger partial charge is 0.269 e. The number of rotatable bonds is 7. The van der Waals surface area contributed by atoms with Gasteiger partial charge in [0.1, 0.15) is 0 Å². The fraction of sp³-hybridized carbons (Fsp3) is 0.435. The summed E-state index contributed by atoms with van der Waals surface area (Å²) < 4.78 is 0. The predicted molar refractivity (Wildman–Crippen MR) is 122 cm³/mol. The van der Waals surface area contributed by atoms with E-state index in [-0.39, 0.29) is 35.0 Å². The number of carbonyl (C=O) groups is 1. The molecule has 2 aromatic carbocycles. The molecule has 0 radical (unpaired) electrons. The number of piperidine rings is 1. The van der Waals surface area contributed by atoms with Crippen LogP contribution in [0.5, 0.6) is 0 Å². The maximum absolute atomic E-state index is 12.7. The van der Waals surface area contributed by atoms with Crippen LogP contribution in [0.2, 0.25) is 0 Å². The Labute approximate surface area is 184 Å². The van der Waals surface area contributed by atoms with Gasteiger partial charge in [-0.2, -0.15) is 0 Å². The van der Waals surface area contributed by atoms with Crippen LogP contribution in [0.15, 0.2) is 54.6 Å². The van der Waals surface area contributed by atoms with Gasteiger partial charge in [0.25, 0.3) is 5.69 Å². The third-order valence-corrected chi connectivity index (χ3v) is 5.75. The Bertz CT molecular complexity index is 829. The second kappa shape index (κ2) is 11.1. The standard InChI is InChI=1S/C23H29N3O3.ClH/c1-3-23(27)25(20-7-5-4-6-8-20)22-14-16-24(17-18(22)2)15-13-19-9-11-21(12-10-19)26(28)29;/h4-12,18,22H,3,13-17H2,1-2H3;1H. The number of nitro benzene ring substituents is 1. The second-order valence-corrected chi connectivity index (χ2v) is 7.76. The molecule has 3 rings (SSSR count). The summed E-state index contributed by atoms with van der Waals surface area (Å²) in [5, 5.41) is 10.8. The van der Waals surface area contributed by atoms with Crippen LogP contribution in [0.4, 0.5) is 11.4 Å². The van der Waals surface area contributed by atoms with Crippen molar-refractivity contribution in [1.29, 1.82) is 0 Å². The Hall–Kier alpha value is -2.44. The summed E-state index contributed by atoms with van der Waals surface area (Å²) in [5.74, 6) is 0.545. The van der Waals surface area contributed by atoms with Crippen molar-refractivity contribution in [2.45, 2.75) is 39.2 Å². The average molecular weight is 432 g/mol. The Morgan fingerprint density at radius 1 is 1.17 bits per heavy atom. The molecular formula is C23H30ClN3O3. The third kappa shape index (κ3) is 5.80. The molecule has 1 aliphatic rings. The molecule has 0 aromatic heterocycles. The van der Waals surface area contributed by atoms with E-state index >= 15 is 0 Å². The Morgan fingerprint density at radius 3 is 2.40 bits per heavy atom. The molecule has 0 spiro atoms. The summed E-state index contributed by atoms with van der Waals surface area (Å²) in [6, 6.07) is 17.0. The molecule has 30 heavy (non-hydrogen) atoms. The molecular weight excluding hydrogens is 402 g/mol. The van der Waals surface area contributed by atoms with Gasteiger partial charge in [-0.25, -0.2) is 0 Å². The first kappa shape index (κ1) is 23.8. The van der Waals surface area contributed by atoms with E-state index in [1.165, 1.54) is 0 Å². The van der Waals surface area contributed by atoms with Crippen LogP contribution in [0.25, 0.3) is 0 Å². The van der Waals surface area contributed by atoms with Crippen molar-refractivity contribution < 1.29 is 9.72 Å². The highest BCUT2D eigenvalue weighted by Gasteiger charge is 2.33. The largest absolute Gasteiger partial charge is 0.309 e. The highest BCUT2D eigenvalue weighted by molar-refractivity contribution is 5.93. The number of amides is 1. The van der Waals surface area contributed by atoms with E-state index in [0.29, 0.717) is 12.3 Å². The molecule has 0 saturated carbocycles. The number of anilines is 1. The van der Waals surface area contributed by atoms with E-state index in [1.54, 1.807) is 12.1 Å². The van der Waals surface area contributed by atoms with Crippen LogP contribution in [0, 0.1) is 16.0 Å². The fourth-order valence-corrected chi connectivity index (χ4v) is 4.16. The van der Waals surface area contributed by atoms with E-state index in [4.69, 9.17) is 0 Å². The highest BCUT2D eigenvalue weighted by atomic mass is 35.5. The number of likely N-dealkylation sites (tertiary alicyclic amines) is 1. The fourth-order valence-electron chi connectivity index (χ4n) is 4.16. The predicted octanol–water partition coefficient (Wildman–Crippen LogP) is 4.71. The molecule has 0 bridgehead atoms. The van der Waals surface area contributed by atoms with Crippen molar-refractivity contribution in [3.63, 3.8) is 0 Å². The van der Waals surface area contributed by atoms with Gasteiger partial charge in [-0.15, -0.1) is 12.4 Å². The topological polar surface area (TPSA) is 66.7 Å². The Kier molecular flexibility index (Phi) is 8.81. The monoisotopic (exact) mass is 431 g/mol. The summed E-state index contributed by atoms with van der Waals surface area (Å²) >= 11 is 0. The molecule has 2 atom stereocenters. The van der Waals surface area contributed by atoms with Gasteiger partial charge in [0.2, 0.25) is 5.91 Å². The zero-order valence-electron chi connectivity index (χ0n) is 17.6. The molecule has 162 valence electrons. The Morgan fingerprint density at radius 2 is 1.83 bits per heavy atom. The summed E-state index contributed by atoms with van der Waals surface area (Å²) in [7, 11) is 0. The van der Waals surface area contributed by atoms with Gasteiger partial charge >= 0.3 is 0 Å². The van der Waals surface area contributed by atoms with E-state index < -0.39 is 0 Å². The maximum Gasteiger partial charge on any atom is 0.269 e. The summed E-state index contributed by atoms with van der Waals surface area (Å²) in [5.41, 5.74) is 2.22. The minimum Gasteiger partial charge on any atom is -0.309 e. The minimum atomic E-state index is -0.369. The van der Waals surface area contributed by atoms with Crippen molar-refractivity contribution in [3.8, 4) is 0 Å². The van der Waals surface area contributed by atoms with Crippen LogP contribution in [0.3, 0.4) is 0 Å². The van der Waals surface area contributed by atoms with Crippen LogP contribution in [0.1, 0.15) is 32.3 Å². The maximum atomic E-state index is 12.7. The van der Waals surface area contributed by atoms with E-state index in [9.17, 15) is 14.9 Å². The quantitative estimate of drug-likeness (QED) is 0.470. The summed E-state index contributed by atoms with van der Waals surface area (Å²) in [6.07, 6.45) is 2.32. The van der Waals surface area contributed by atoms with E-state index in [0.717, 1.165) is 43.7 Å². The minimum absolute atomic E-state index is 0. The van der Waals surface area contributed by atoms with Gasteiger partial charge in [0.05, 0.1) is 4.92 Å². The van der Waals surface area contributed by atoms with Gasteiger partial charge in [-0.05, 0) is 36.5 Å². The normalized spacial score (nSPS) is 19.0. The number of halogens is 1. The number of non-ortho nitro benzene ring substituents is 1. The molecule has 6 nitrogen and oxygen atoms in total. The molecule has 2 aromatic rings. The number of hydrogen-bond acceptors (Lipinski definition) is 4. The van der Waals surface area contributed by atoms with Crippen molar-refractivity contribution in [1.82, 2.24) is 4.90 Å². The first-order valence-corrected chi connectivity index (χ1v) is 10.3. The lowest BCUT2D eigenvalue weighted by atomic mass is 9.91. The highest BCUT2D eigenvalue weighted by Crippen LogP contribution is 2.28. The van der Waals surface area contributed by atoms with Crippen LogP contribution in [-0.2, 0) is 11.2 Å². The van der Waals surface area contributed by atoms with Crippen molar-refractivity contribution >= 4 is 29.7 Å². The zero-order chi connectivity index (χ0) is 20.8. The molecule has 1 heterocycles. The number of hydrogen-bond donors (Lipinski definition) is 0. The first-order chi connectivity index (χ1) is 14.0. The average Bonchev–Trinajstić information content (AvgIpc) is 2.74. The molecule has 0 N–H and O–H groups in total. The number of carbonyl (C=O) groups excluding carboxylic acids is 1. The van der Waals surface area contributed by atoms with Crippen LogP contribution >= 0.6 is 12.4 Å². The van der Waals surface area contributed by atoms with E-state index in [2.05, 4.69) is 11.8 Å². The molecule has 2 unspecified atom stereocenters. The number of para-hydroxylation sites is 1. The van der Waals surface area contributed by atoms with Gasteiger partial charge in [0, 0.05) is 49.9 Å². The van der Waals surface area contributed by atoms with Crippen LogP contribution < -0.4 is 4.90 Å².